The van der Waals surface area contributed by atoms with Crippen LogP contribution < -0.4 is 5.32 Å². The normalized spacial score (nSPS) is 21.8. The molecule has 17 heavy (non-hydrogen) atoms. The van der Waals surface area contributed by atoms with Crippen molar-refractivity contribution in [2.24, 2.45) is 0 Å². The molecule has 3 rings (SSSR count). The number of fused-ring (bicyclic) bond motifs is 1. The molecule has 0 bridgehead atoms. The topological polar surface area (TPSA) is 47.0 Å². The van der Waals surface area contributed by atoms with Crippen molar-refractivity contribution >= 4 is 0 Å². The van der Waals surface area contributed by atoms with Gasteiger partial charge in [0, 0.05) is 19.3 Å². The van der Waals surface area contributed by atoms with Gasteiger partial charge in [0.1, 0.15) is 5.60 Å². The van der Waals surface area contributed by atoms with Crippen molar-refractivity contribution in [3.63, 3.8) is 0 Å². The highest BCUT2D eigenvalue weighted by Gasteiger charge is 2.42. The molecule has 1 saturated carbocycles. The van der Waals surface area contributed by atoms with Gasteiger partial charge < -0.3 is 10.1 Å². The van der Waals surface area contributed by atoms with Crippen LogP contribution in [-0.2, 0) is 23.3 Å². The first-order valence-electron chi connectivity index (χ1n) is 6.38. The maximum atomic E-state index is 5.66. The Balaban J connectivity index is 2.04. The van der Waals surface area contributed by atoms with E-state index in [1.807, 2.05) is 0 Å². The van der Waals surface area contributed by atoms with Crippen LogP contribution in [0.4, 0.5) is 0 Å². The minimum Gasteiger partial charge on any atom is -0.370 e. The summed E-state index contributed by atoms with van der Waals surface area (Å²) in [5.74, 6) is 0.895. The minimum atomic E-state index is -0.197. The van der Waals surface area contributed by atoms with E-state index in [2.05, 4.69) is 17.2 Å². The molecule has 4 heteroatoms. The third-order valence-corrected chi connectivity index (χ3v) is 4.10. The van der Waals surface area contributed by atoms with Gasteiger partial charge in [0.25, 0.3) is 0 Å². The summed E-state index contributed by atoms with van der Waals surface area (Å²) < 4.78 is 5.66. The van der Waals surface area contributed by atoms with E-state index in [9.17, 15) is 0 Å². The molecule has 1 aromatic heterocycles. The number of nitrogens with zero attached hydrogens (tertiary/aromatic N) is 2. The predicted octanol–water partition coefficient (Wildman–Crippen LogP) is 1.46. The van der Waals surface area contributed by atoms with Gasteiger partial charge in [-0.25, -0.2) is 9.97 Å². The summed E-state index contributed by atoms with van der Waals surface area (Å²) in [6, 6.07) is 0. The molecule has 1 aliphatic heterocycles. The number of hydrogen-bond acceptors (Lipinski definition) is 4. The Morgan fingerprint density at radius 3 is 2.76 bits per heavy atom. The molecule has 1 fully saturated rings. The Bertz CT molecular complexity index is 435. The van der Waals surface area contributed by atoms with Crippen LogP contribution in [0.5, 0.6) is 0 Å². The van der Waals surface area contributed by atoms with Crippen molar-refractivity contribution in [3.05, 3.63) is 22.8 Å². The molecule has 2 aliphatic rings. The van der Waals surface area contributed by atoms with Gasteiger partial charge >= 0.3 is 0 Å². The number of nitrogens with one attached hydrogen (secondary N) is 1. The number of rotatable bonds is 2. The molecule has 0 unspecified atom stereocenters. The highest BCUT2D eigenvalue weighted by Crippen LogP contribution is 2.42. The van der Waals surface area contributed by atoms with Gasteiger partial charge in [0.2, 0.25) is 0 Å². The lowest BCUT2D eigenvalue weighted by Crippen LogP contribution is -2.39. The molecule has 1 N–H and O–H groups in total. The van der Waals surface area contributed by atoms with Crippen LogP contribution in [-0.4, -0.2) is 23.6 Å². The Labute approximate surface area is 102 Å². The van der Waals surface area contributed by atoms with Gasteiger partial charge in [-0.05, 0) is 44.7 Å². The lowest BCUT2D eigenvalue weighted by Gasteiger charge is -2.39. The summed E-state index contributed by atoms with van der Waals surface area (Å²) in [6.45, 7) is 3.99. The summed E-state index contributed by atoms with van der Waals surface area (Å²) in [5, 5.41) is 3.37. The van der Waals surface area contributed by atoms with E-state index in [4.69, 9.17) is 9.72 Å². The first-order chi connectivity index (χ1) is 8.25. The third kappa shape index (κ3) is 1.67. The fraction of sp³-hybridized carbons (Fsp3) is 0.692. The zero-order chi connectivity index (χ0) is 11.9. The molecule has 0 aromatic carbocycles. The van der Waals surface area contributed by atoms with Crippen LogP contribution in [0.1, 0.15) is 42.0 Å². The Kier molecular flexibility index (Phi) is 2.64. The summed E-state index contributed by atoms with van der Waals surface area (Å²) >= 11 is 0. The average molecular weight is 233 g/mol. The second-order valence-corrected chi connectivity index (χ2v) is 5.04. The van der Waals surface area contributed by atoms with E-state index in [1.54, 1.807) is 7.11 Å². The van der Waals surface area contributed by atoms with Crippen molar-refractivity contribution in [3.8, 4) is 0 Å². The lowest BCUT2D eigenvalue weighted by atomic mass is 9.79. The second kappa shape index (κ2) is 4.03. The SMILES string of the molecule is COC1(c2nc(C)c3c(n2)CNCC3)CCC1. The first-order valence-corrected chi connectivity index (χ1v) is 6.38. The standard InChI is InChI=1S/C13H19N3O/c1-9-10-4-7-14-8-11(10)16-12(15-9)13(17-2)5-3-6-13/h14H,3-8H2,1-2H3. The fourth-order valence-corrected chi connectivity index (χ4v) is 2.77. The molecule has 0 amide bonds. The summed E-state index contributed by atoms with van der Waals surface area (Å²) in [4.78, 5) is 9.43. The quantitative estimate of drug-likeness (QED) is 0.840. The second-order valence-electron chi connectivity index (χ2n) is 5.04. The molecule has 2 heterocycles. The molecular weight excluding hydrogens is 214 g/mol. The van der Waals surface area contributed by atoms with E-state index >= 15 is 0 Å². The first kappa shape index (κ1) is 11.1. The highest BCUT2D eigenvalue weighted by molar-refractivity contribution is 5.29. The summed E-state index contributed by atoms with van der Waals surface area (Å²) in [7, 11) is 1.77. The number of aryl methyl sites for hydroxylation is 1. The van der Waals surface area contributed by atoms with Crippen molar-refractivity contribution in [2.45, 2.75) is 44.8 Å². The molecule has 1 aromatic rings. The molecule has 0 atom stereocenters. The maximum absolute atomic E-state index is 5.66. The van der Waals surface area contributed by atoms with Gasteiger partial charge in [0.15, 0.2) is 5.82 Å². The van der Waals surface area contributed by atoms with Crippen LogP contribution in [0.25, 0.3) is 0 Å². The van der Waals surface area contributed by atoms with Crippen LogP contribution in [0.3, 0.4) is 0 Å². The maximum Gasteiger partial charge on any atom is 0.160 e. The Morgan fingerprint density at radius 2 is 2.12 bits per heavy atom. The van der Waals surface area contributed by atoms with Gasteiger partial charge in [-0.1, -0.05) is 0 Å². The molecule has 92 valence electrons. The summed E-state index contributed by atoms with van der Waals surface area (Å²) in [6.07, 6.45) is 4.36. The van der Waals surface area contributed by atoms with Crippen molar-refractivity contribution < 1.29 is 4.74 Å². The molecular formula is C13H19N3O. The van der Waals surface area contributed by atoms with E-state index in [-0.39, 0.29) is 5.60 Å². The number of methoxy groups -OCH3 is 1. The fourth-order valence-electron chi connectivity index (χ4n) is 2.77. The molecule has 0 saturated heterocycles. The molecule has 1 aliphatic carbocycles. The Hall–Kier alpha value is -1.00. The zero-order valence-corrected chi connectivity index (χ0v) is 10.5. The monoisotopic (exact) mass is 233 g/mol. The number of hydrogen-bond donors (Lipinski definition) is 1. The highest BCUT2D eigenvalue weighted by atomic mass is 16.5. The van der Waals surface area contributed by atoms with Crippen LogP contribution >= 0.6 is 0 Å². The largest absolute Gasteiger partial charge is 0.370 e. The van der Waals surface area contributed by atoms with Gasteiger partial charge in [-0.3, -0.25) is 0 Å². The number of ether oxygens (including phenoxy) is 1. The van der Waals surface area contributed by atoms with E-state index in [1.165, 1.54) is 17.7 Å². The molecule has 0 spiro atoms. The van der Waals surface area contributed by atoms with Gasteiger partial charge in [-0.15, -0.1) is 0 Å². The minimum absolute atomic E-state index is 0.197. The zero-order valence-electron chi connectivity index (χ0n) is 10.5. The number of aromatic nitrogens is 2. The van der Waals surface area contributed by atoms with Crippen LogP contribution in [0.15, 0.2) is 0 Å². The predicted molar refractivity (Wildman–Crippen MR) is 64.7 cm³/mol. The Morgan fingerprint density at radius 1 is 1.29 bits per heavy atom. The van der Waals surface area contributed by atoms with Crippen LogP contribution in [0, 0.1) is 6.92 Å². The molecule has 0 radical (unpaired) electrons. The van der Waals surface area contributed by atoms with Crippen LogP contribution in [0.2, 0.25) is 0 Å². The van der Waals surface area contributed by atoms with Crippen molar-refractivity contribution in [1.82, 2.24) is 15.3 Å². The summed E-state index contributed by atoms with van der Waals surface area (Å²) in [5.41, 5.74) is 3.44. The van der Waals surface area contributed by atoms with E-state index < -0.39 is 0 Å². The lowest BCUT2D eigenvalue weighted by molar-refractivity contribution is -0.0849. The van der Waals surface area contributed by atoms with E-state index in [0.29, 0.717) is 0 Å². The third-order valence-electron chi connectivity index (χ3n) is 4.10. The molecule has 4 nitrogen and oxygen atoms in total. The van der Waals surface area contributed by atoms with E-state index in [0.717, 1.165) is 43.9 Å². The van der Waals surface area contributed by atoms with Crippen molar-refractivity contribution in [1.29, 1.82) is 0 Å². The average Bonchev–Trinajstić information content (AvgIpc) is 2.28. The smallest absolute Gasteiger partial charge is 0.160 e. The van der Waals surface area contributed by atoms with Gasteiger partial charge in [0.05, 0.1) is 5.69 Å². The van der Waals surface area contributed by atoms with Gasteiger partial charge in [-0.2, -0.15) is 0 Å². The van der Waals surface area contributed by atoms with Crippen molar-refractivity contribution in [2.75, 3.05) is 13.7 Å².